The van der Waals surface area contributed by atoms with Gasteiger partial charge in [0.15, 0.2) is 0 Å². The van der Waals surface area contributed by atoms with Crippen LogP contribution in [0.25, 0.3) is 0 Å². The van der Waals surface area contributed by atoms with Gasteiger partial charge in [-0.15, -0.1) is 0 Å². The van der Waals surface area contributed by atoms with Crippen LogP contribution in [0.4, 0.5) is 17.5 Å². The van der Waals surface area contributed by atoms with Crippen LogP contribution in [-0.2, 0) is 4.74 Å². The van der Waals surface area contributed by atoms with Gasteiger partial charge in [-0.1, -0.05) is 13.8 Å². The van der Waals surface area contributed by atoms with Gasteiger partial charge < -0.3 is 15.0 Å². The van der Waals surface area contributed by atoms with E-state index in [4.69, 9.17) is 4.74 Å². The number of anilines is 2. The molecule has 0 unspecified atom stereocenters. The van der Waals surface area contributed by atoms with E-state index in [9.17, 15) is 10.1 Å². The number of hydrogen-bond donors (Lipinski definition) is 1. The fourth-order valence-electron chi connectivity index (χ4n) is 1.77. The molecule has 0 fully saturated rings. The van der Waals surface area contributed by atoms with Crippen molar-refractivity contribution in [2.45, 2.75) is 13.8 Å². The maximum absolute atomic E-state index is 11.1. The Kier molecular flexibility index (Phi) is 6.10. The normalized spacial score (nSPS) is 10.7. The van der Waals surface area contributed by atoms with E-state index in [0.717, 1.165) is 0 Å². The molecule has 0 aromatic carbocycles. The molecule has 20 heavy (non-hydrogen) atoms. The van der Waals surface area contributed by atoms with Gasteiger partial charge in [0.1, 0.15) is 6.20 Å². The minimum atomic E-state index is -0.463. The molecule has 0 aliphatic heterocycles. The number of nitrogens with one attached hydrogen (secondary N) is 1. The maximum atomic E-state index is 11.1. The van der Waals surface area contributed by atoms with Crippen LogP contribution < -0.4 is 10.2 Å². The Balaban J connectivity index is 3.16. The molecule has 8 nitrogen and oxygen atoms in total. The highest BCUT2D eigenvalue weighted by Crippen LogP contribution is 2.26. The van der Waals surface area contributed by atoms with E-state index >= 15 is 0 Å². The highest BCUT2D eigenvalue weighted by Gasteiger charge is 2.23. The largest absolute Gasteiger partial charge is 0.383 e. The summed E-state index contributed by atoms with van der Waals surface area (Å²) in [4.78, 5) is 20.6. The monoisotopic (exact) mass is 283 g/mol. The molecule has 0 saturated heterocycles. The second kappa shape index (κ2) is 7.59. The predicted octanol–water partition coefficient (Wildman–Crippen LogP) is 1.54. The fourth-order valence-corrected chi connectivity index (χ4v) is 1.77. The van der Waals surface area contributed by atoms with E-state index in [1.807, 2.05) is 18.7 Å². The van der Waals surface area contributed by atoms with Gasteiger partial charge in [0.05, 0.1) is 11.5 Å². The summed E-state index contributed by atoms with van der Waals surface area (Å²) in [5.41, 5.74) is -0.0965. The van der Waals surface area contributed by atoms with Crippen LogP contribution in [0.2, 0.25) is 0 Å². The minimum absolute atomic E-state index is 0.0965. The zero-order valence-electron chi connectivity index (χ0n) is 12.3. The Morgan fingerprint density at radius 3 is 2.75 bits per heavy atom. The van der Waals surface area contributed by atoms with Crippen molar-refractivity contribution in [3.8, 4) is 0 Å². The second-order valence-corrected chi connectivity index (χ2v) is 4.74. The van der Waals surface area contributed by atoms with Gasteiger partial charge >= 0.3 is 5.69 Å². The number of rotatable bonds is 8. The van der Waals surface area contributed by atoms with Gasteiger partial charge in [-0.05, 0) is 5.92 Å². The fraction of sp³-hybridized carbons (Fsp3) is 0.667. The molecular weight excluding hydrogens is 262 g/mol. The van der Waals surface area contributed by atoms with Crippen molar-refractivity contribution >= 4 is 17.5 Å². The lowest BCUT2D eigenvalue weighted by Gasteiger charge is -2.25. The molecule has 0 spiro atoms. The van der Waals surface area contributed by atoms with Crippen molar-refractivity contribution in [2.24, 2.45) is 5.92 Å². The summed E-state index contributed by atoms with van der Waals surface area (Å²) in [5.74, 6) is 1.02. The average molecular weight is 283 g/mol. The van der Waals surface area contributed by atoms with Crippen molar-refractivity contribution in [1.29, 1.82) is 0 Å². The summed E-state index contributed by atoms with van der Waals surface area (Å²) < 4.78 is 5.06. The molecule has 0 aliphatic rings. The zero-order chi connectivity index (χ0) is 15.1. The SMILES string of the molecule is CNc1ncc([N+](=O)[O-])c(N(CCOC)CC(C)C)n1. The molecule has 0 saturated carbocycles. The third-order valence-electron chi connectivity index (χ3n) is 2.62. The van der Waals surface area contributed by atoms with Crippen LogP contribution in [0, 0.1) is 16.0 Å². The summed E-state index contributed by atoms with van der Waals surface area (Å²) in [7, 11) is 3.27. The third-order valence-corrected chi connectivity index (χ3v) is 2.62. The van der Waals surface area contributed by atoms with E-state index in [1.165, 1.54) is 6.20 Å². The number of nitrogens with zero attached hydrogens (tertiary/aromatic N) is 4. The summed E-state index contributed by atoms with van der Waals surface area (Å²) in [5, 5.41) is 13.9. The Morgan fingerprint density at radius 1 is 1.55 bits per heavy atom. The van der Waals surface area contributed by atoms with Crippen molar-refractivity contribution in [2.75, 3.05) is 44.1 Å². The molecule has 1 heterocycles. The molecular formula is C12H21N5O3. The smallest absolute Gasteiger partial charge is 0.329 e. The van der Waals surface area contributed by atoms with Crippen LogP contribution >= 0.6 is 0 Å². The highest BCUT2D eigenvalue weighted by atomic mass is 16.6. The summed E-state index contributed by atoms with van der Waals surface area (Å²) >= 11 is 0. The van der Waals surface area contributed by atoms with Crippen molar-refractivity contribution in [1.82, 2.24) is 9.97 Å². The number of hydrogen-bond acceptors (Lipinski definition) is 7. The van der Waals surface area contributed by atoms with E-state index < -0.39 is 4.92 Å². The average Bonchev–Trinajstić information content (AvgIpc) is 2.42. The third kappa shape index (κ3) is 4.30. The van der Waals surface area contributed by atoms with Gasteiger partial charge in [-0.3, -0.25) is 10.1 Å². The molecule has 0 amide bonds. The van der Waals surface area contributed by atoms with E-state index in [0.29, 0.717) is 37.4 Å². The first-order valence-corrected chi connectivity index (χ1v) is 6.42. The molecule has 1 rings (SSSR count). The lowest BCUT2D eigenvalue weighted by atomic mass is 10.2. The molecule has 0 atom stereocenters. The van der Waals surface area contributed by atoms with Crippen molar-refractivity contribution in [3.63, 3.8) is 0 Å². The van der Waals surface area contributed by atoms with Crippen molar-refractivity contribution in [3.05, 3.63) is 16.3 Å². The molecule has 0 radical (unpaired) electrons. The lowest BCUT2D eigenvalue weighted by molar-refractivity contribution is -0.384. The lowest BCUT2D eigenvalue weighted by Crippen LogP contribution is -2.32. The van der Waals surface area contributed by atoms with Gasteiger partial charge in [-0.25, -0.2) is 4.98 Å². The minimum Gasteiger partial charge on any atom is -0.383 e. The first-order valence-electron chi connectivity index (χ1n) is 6.42. The van der Waals surface area contributed by atoms with Crippen LogP contribution in [0.3, 0.4) is 0 Å². The number of nitro groups is 1. The summed E-state index contributed by atoms with van der Waals surface area (Å²) in [6.45, 7) is 5.76. The molecule has 1 N–H and O–H groups in total. The number of ether oxygens (including phenoxy) is 1. The molecule has 1 aromatic rings. The van der Waals surface area contributed by atoms with Crippen LogP contribution in [0.1, 0.15) is 13.8 Å². The van der Waals surface area contributed by atoms with Gasteiger partial charge in [0, 0.05) is 27.2 Å². The Hall–Kier alpha value is -1.96. The van der Waals surface area contributed by atoms with E-state index in [1.54, 1.807) is 14.2 Å². The highest BCUT2D eigenvalue weighted by molar-refractivity contribution is 5.58. The van der Waals surface area contributed by atoms with Gasteiger partial charge in [0.25, 0.3) is 0 Å². The Bertz CT molecular complexity index is 453. The van der Waals surface area contributed by atoms with Gasteiger partial charge in [-0.2, -0.15) is 4.98 Å². The maximum Gasteiger partial charge on any atom is 0.329 e. The zero-order valence-corrected chi connectivity index (χ0v) is 12.3. The Morgan fingerprint density at radius 2 is 2.25 bits per heavy atom. The molecule has 8 heteroatoms. The van der Waals surface area contributed by atoms with Crippen LogP contribution in [-0.4, -0.2) is 48.7 Å². The molecule has 1 aromatic heterocycles. The van der Waals surface area contributed by atoms with E-state index in [-0.39, 0.29) is 5.69 Å². The molecule has 112 valence electrons. The summed E-state index contributed by atoms with van der Waals surface area (Å²) in [6, 6.07) is 0. The molecule has 0 bridgehead atoms. The number of methoxy groups -OCH3 is 1. The number of aromatic nitrogens is 2. The first-order chi connectivity index (χ1) is 9.49. The Labute approximate surface area is 118 Å². The van der Waals surface area contributed by atoms with Crippen LogP contribution in [0.5, 0.6) is 0 Å². The second-order valence-electron chi connectivity index (χ2n) is 4.74. The predicted molar refractivity (Wildman–Crippen MR) is 77.2 cm³/mol. The van der Waals surface area contributed by atoms with Gasteiger partial charge in [0.2, 0.25) is 11.8 Å². The van der Waals surface area contributed by atoms with Crippen molar-refractivity contribution < 1.29 is 9.66 Å². The van der Waals surface area contributed by atoms with Crippen LogP contribution in [0.15, 0.2) is 6.20 Å². The first kappa shape index (κ1) is 16.1. The topological polar surface area (TPSA) is 93.4 Å². The van der Waals surface area contributed by atoms with E-state index in [2.05, 4.69) is 15.3 Å². The molecule has 0 aliphatic carbocycles. The standard InChI is InChI=1S/C12H21N5O3/c1-9(2)8-16(5-6-20-4)11-10(17(18)19)7-14-12(13-3)15-11/h7,9H,5-6,8H2,1-4H3,(H,13,14,15). The quantitative estimate of drug-likeness (QED) is 0.571. The summed E-state index contributed by atoms with van der Waals surface area (Å²) in [6.07, 6.45) is 1.23.